The number of benzene rings is 3. The zero-order chi connectivity index (χ0) is 21.4. The molecule has 0 radical (unpaired) electrons. The van der Waals surface area contributed by atoms with E-state index in [1.807, 2.05) is 12.1 Å². The minimum Gasteiger partial charge on any atom is -0.378 e. The zero-order valence-corrected chi connectivity index (χ0v) is 16.8. The molecule has 31 heavy (non-hydrogen) atoms. The molecule has 3 aromatic carbocycles. The Labute approximate surface area is 179 Å². The second-order valence-corrected chi connectivity index (χ2v) is 7.51. The first-order valence-electron chi connectivity index (χ1n) is 10.2. The molecule has 6 heteroatoms. The van der Waals surface area contributed by atoms with Crippen LogP contribution in [0.3, 0.4) is 0 Å². The number of amides is 1. The first kappa shape index (κ1) is 19.2. The van der Waals surface area contributed by atoms with Crippen molar-refractivity contribution in [3.63, 3.8) is 0 Å². The average Bonchev–Trinajstić information content (AvgIpc) is 2.83. The average molecular weight is 412 g/mol. The predicted octanol–water partition coefficient (Wildman–Crippen LogP) is 3.55. The van der Waals surface area contributed by atoms with Crippen molar-refractivity contribution in [3.8, 4) is 0 Å². The summed E-state index contributed by atoms with van der Waals surface area (Å²) in [6, 6.07) is 19.1. The van der Waals surface area contributed by atoms with Crippen LogP contribution in [0.1, 0.15) is 42.2 Å². The van der Waals surface area contributed by atoms with Crippen molar-refractivity contribution in [2.24, 2.45) is 0 Å². The number of ether oxygens (including phenoxy) is 1. The second kappa shape index (κ2) is 7.81. The van der Waals surface area contributed by atoms with E-state index in [-0.39, 0.29) is 23.0 Å². The van der Waals surface area contributed by atoms with E-state index in [1.165, 1.54) is 0 Å². The molecule has 0 spiro atoms. The Bertz CT molecular complexity index is 1200. The predicted molar refractivity (Wildman–Crippen MR) is 117 cm³/mol. The number of nitrogens with zero attached hydrogens (tertiary/aromatic N) is 1. The Balaban J connectivity index is 1.65. The molecule has 1 heterocycles. The number of morpholine rings is 1. The lowest BCUT2D eigenvalue weighted by Gasteiger charge is -2.32. The van der Waals surface area contributed by atoms with E-state index in [1.54, 1.807) is 54.6 Å². The van der Waals surface area contributed by atoms with Gasteiger partial charge in [-0.2, -0.15) is 0 Å². The summed E-state index contributed by atoms with van der Waals surface area (Å²) < 4.78 is 5.44. The van der Waals surface area contributed by atoms with E-state index in [9.17, 15) is 14.4 Å². The standard InChI is InChI=1S/C25H20N2O4/c28-23-17-8-4-5-9-18(17)24(29)22-20(27-12-14-31-15-13-27)11-10-19(21(22)23)26-25(30)16-6-2-1-3-7-16/h1-11H,12-15H2,(H,26,30). The Morgan fingerprint density at radius 2 is 1.39 bits per heavy atom. The molecular formula is C25H20N2O4. The van der Waals surface area contributed by atoms with Gasteiger partial charge in [-0.1, -0.05) is 42.5 Å². The van der Waals surface area contributed by atoms with Gasteiger partial charge in [0.25, 0.3) is 5.91 Å². The second-order valence-electron chi connectivity index (χ2n) is 7.51. The van der Waals surface area contributed by atoms with Gasteiger partial charge in [-0.05, 0) is 24.3 Å². The summed E-state index contributed by atoms with van der Waals surface area (Å²) in [6.07, 6.45) is 0. The molecule has 1 amide bonds. The Hall–Kier alpha value is -3.77. The van der Waals surface area contributed by atoms with E-state index >= 15 is 0 Å². The quantitative estimate of drug-likeness (QED) is 0.557. The number of carbonyl (C=O) groups excluding carboxylic acids is 3. The zero-order valence-electron chi connectivity index (χ0n) is 16.8. The van der Waals surface area contributed by atoms with Gasteiger partial charge in [0.05, 0.1) is 30.0 Å². The van der Waals surface area contributed by atoms with Crippen molar-refractivity contribution in [2.45, 2.75) is 0 Å². The number of nitrogens with one attached hydrogen (secondary N) is 1. The van der Waals surface area contributed by atoms with E-state index < -0.39 is 0 Å². The minimum absolute atomic E-state index is 0.206. The lowest BCUT2D eigenvalue weighted by molar-refractivity contribution is 0.0977. The summed E-state index contributed by atoms with van der Waals surface area (Å²) in [5, 5.41) is 2.84. The van der Waals surface area contributed by atoms with Crippen molar-refractivity contribution >= 4 is 28.8 Å². The smallest absolute Gasteiger partial charge is 0.255 e. The van der Waals surface area contributed by atoms with Crippen LogP contribution in [0.15, 0.2) is 66.7 Å². The Morgan fingerprint density at radius 3 is 2.06 bits per heavy atom. The molecule has 0 saturated carbocycles. The van der Waals surface area contributed by atoms with E-state index in [0.29, 0.717) is 59.9 Å². The van der Waals surface area contributed by atoms with Crippen LogP contribution in [0.25, 0.3) is 0 Å². The Kier molecular flexibility index (Phi) is 4.84. The fraction of sp³-hybridized carbons (Fsp3) is 0.160. The molecule has 6 nitrogen and oxygen atoms in total. The maximum absolute atomic E-state index is 13.5. The largest absolute Gasteiger partial charge is 0.378 e. The van der Waals surface area contributed by atoms with Crippen LogP contribution in [0.5, 0.6) is 0 Å². The molecule has 154 valence electrons. The highest BCUT2D eigenvalue weighted by molar-refractivity contribution is 6.32. The van der Waals surface area contributed by atoms with Crippen molar-refractivity contribution in [1.29, 1.82) is 0 Å². The monoisotopic (exact) mass is 412 g/mol. The summed E-state index contributed by atoms with van der Waals surface area (Å²) in [4.78, 5) is 41.8. The molecule has 1 N–H and O–H groups in total. The molecule has 2 aliphatic rings. The number of hydrogen-bond donors (Lipinski definition) is 1. The third-order valence-electron chi connectivity index (χ3n) is 5.69. The number of hydrogen-bond acceptors (Lipinski definition) is 5. The van der Waals surface area contributed by atoms with E-state index in [2.05, 4.69) is 10.2 Å². The summed E-state index contributed by atoms with van der Waals surface area (Å²) in [7, 11) is 0. The summed E-state index contributed by atoms with van der Waals surface area (Å²) in [6.45, 7) is 2.37. The number of anilines is 2. The third kappa shape index (κ3) is 3.31. The maximum atomic E-state index is 13.5. The number of rotatable bonds is 3. The Morgan fingerprint density at radius 1 is 0.774 bits per heavy atom. The van der Waals surface area contributed by atoms with Crippen molar-refractivity contribution in [1.82, 2.24) is 0 Å². The summed E-state index contributed by atoms with van der Waals surface area (Å²) in [5.74, 6) is -0.799. The van der Waals surface area contributed by atoms with Crippen LogP contribution < -0.4 is 10.2 Å². The van der Waals surface area contributed by atoms with Crippen LogP contribution in [0, 0.1) is 0 Å². The van der Waals surface area contributed by atoms with Crippen LogP contribution in [0.2, 0.25) is 0 Å². The topological polar surface area (TPSA) is 75.7 Å². The molecule has 0 unspecified atom stereocenters. The van der Waals surface area contributed by atoms with Crippen molar-refractivity contribution < 1.29 is 19.1 Å². The highest BCUT2D eigenvalue weighted by atomic mass is 16.5. The molecule has 0 bridgehead atoms. The molecule has 0 aromatic heterocycles. The molecule has 1 fully saturated rings. The van der Waals surface area contributed by atoms with Crippen LogP contribution in [-0.2, 0) is 4.74 Å². The lowest BCUT2D eigenvalue weighted by Crippen LogP contribution is -2.38. The first-order chi connectivity index (χ1) is 15.1. The molecule has 1 saturated heterocycles. The number of ketones is 2. The molecule has 1 aliphatic heterocycles. The first-order valence-corrected chi connectivity index (χ1v) is 10.2. The number of carbonyl (C=O) groups is 3. The fourth-order valence-corrected chi connectivity index (χ4v) is 4.16. The van der Waals surface area contributed by atoms with Crippen LogP contribution in [0.4, 0.5) is 11.4 Å². The van der Waals surface area contributed by atoms with Gasteiger partial charge in [-0.3, -0.25) is 14.4 Å². The highest BCUT2D eigenvalue weighted by Crippen LogP contribution is 2.38. The van der Waals surface area contributed by atoms with Gasteiger partial charge in [-0.25, -0.2) is 0 Å². The maximum Gasteiger partial charge on any atom is 0.255 e. The van der Waals surface area contributed by atoms with Gasteiger partial charge in [0.1, 0.15) is 0 Å². The van der Waals surface area contributed by atoms with Crippen molar-refractivity contribution in [3.05, 3.63) is 94.5 Å². The fourth-order valence-electron chi connectivity index (χ4n) is 4.16. The molecule has 1 aliphatic carbocycles. The van der Waals surface area contributed by atoms with Gasteiger partial charge < -0.3 is 15.0 Å². The summed E-state index contributed by atoms with van der Waals surface area (Å²) >= 11 is 0. The van der Waals surface area contributed by atoms with Gasteiger partial charge in [-0.15, -0.1) is 0 Å². The lowest BCUT2D eigenvalue weighted by atomic mass is 9.82. The van der Waals surface area contributed by atoms with E-state index in [0.717, 1.165) is 0 Å². The molecular weight excluding hydrogens is 392 g/mol. The van der Waals surface area contributed by atoms with Gasteiger partial charge in [0, 0.05) is 35.5 Å². The third-order valence-corrected chi connectivity index (χ3v) is 5.69. The van der Waals surface area contributed by atoms with Crippen molar-refractivity contribution in [2.75, 3.05) is 36.5 Å². The van der Waals surface area contributed by atoms with Gasteiger partial charge >= 0.3 is 0 Å². The SMILES string of the molecule is O=C(Nc1ccc(N2CCOCC2)c2c1C(=O)c1ccccc1C2=O)c1ccccc1. The van der Waals surface area contributed by atoms with Gasteiger partial charge in [0.15, 0.2) is 11.6 Å². The van der Waals surface area contributed by atoms with Gasteiger partial charge in [0.2, 0.25) is 0 Å². The molecule has 3 aromatic rings. The number of fused-ring (bicyclic) bond motifs is 2. The summed E-state index contributed by atoms with van der Waals surface area (Å²) in [5.41, 5.74) is 2.85. The minimum atomic E-state index is -0.332. The molecule has 0 atom stereocenters. The van der Waals surface area contributed by atoms with Crippen LogP contribution in [-0.4, -0.2) is 43.8 Å². The highest BCUT2D eigenvalue weighted by Gasteiger charge is 2.35. The normalized spacial score (nSPS) is 15.3. The van der Waals surface area contributed by atoms with Crippen LogP contribution >= 0.6 is 0 Å². The van der Waals surface area contributed by atoms with E-state index in [4.69, 9.17) is 4.74 Å². The molecule has 5 rings (SSSR count).